The highest BCUT2D eigenvalue weighted by atomic mass is 28.3. The van der Waals surface area contributed by atoms with E-state index in [0.717, 1.165) is 5.20 Å². The monoisotopic (exact) mass is 256 g/mol. The Bertz CT molecular complexity index is 285. The van der Waals surface area contributed by atoms with Crippen LogP contribution in [-0.4, -0.2) is 25.1 Å². The van der Waals surface area contributed by atoms with Crippen molar-refractivity contribution in [2.75, 3.05) is 0 Å². The molecule has 0 aromatic carbocycles. The molecular weight excluding hydrogens is 228 g/mol. The molecule has 0 aliphatic carbocycles. The number of carbonyl (C=O) groups excluding carboxylic acids is 1. The van der Waals surface area contributed by atoms with Crippen LogP contribution in [0.5, 0.6) is 0 Å². The van der Waals surface area contributed by atoms with Gasteiger partial charge in [0, 0.05) is 0 Å². The fraction of sp³-hybridized carbons (Fsp3) is 0.786. The van der Waals surface area contributed by atoms with Gasteiger partial charge in [0.25, 0.3) is 0 Å². The number of carbonyl (C=O) groups is 1. The molecule has 100 valence electrons. The Hall–Kier alpha value is -0.413. The van der Waals surface area contributed by atoms with Gasteiger partial charge in [0.05, 0.1) is 8.07 Å². The van der Waals surface area contributed by atoms with Crippen LogP contribution >= 0.6 is 0 Å². The van der Waals surface area contributed by atoms with Gasteiger partial charge in [0.15, 0.2) is 5.78 Å². The molecule has 0 aliphatic heterocycles. The Morgan fingerprint density at radius 3 is 1.94 bits per heavy atom. The molecule has 0 bridgehead atoms. The van der Waals surface area contributed by atoms with Crippen molar-refractivity contribution >= 4 is 13.9 Å². The van der Waals surface area contributed by atoms with Crippen LogP contribution in [0.2, 0.25) is 19.6 Å². The van der Waals surface area contributed by atoms with Gasteiger partial charge in [-0.2, -0.15) is 0 Å². The van der Waals surface area contributed by atoms with Crippen LogP contribution < -0.4 is 0 Å². The fourth-order valence-electron chi connectivity index (χ4n) is 1.77. The van der Waals surface area contributed by atoms with Crippen LogP contribution in [0, 0.1) is 11.8 Å². The zero-order chi connectivity index (χ0) is 13.8. The van der Waals surface area contributed by atoms with E-state index in [9.17, 15) is 9.90 Å². The largest absolute Gasteiger partial charge is 0.385 e. The molecule has 3 heteroatoms. The topological polar surface area (TPSA) is 37.3 Å². The number of rotatable bonds is 6. The van der Waals surface area contributed by atoms with Gasteiger partial charge in [-0.1, -0.05) is 53.4 Å². The maximum atomic E-state index is 12.3. The van der Waals surface area contributed by atoms with Crippen LogP contribution in [0.3, 0.4) is 0 Å². The van der Waals surface area contributed by atoms with Crippen molar-refractivity contribution in [3.63, 3.8) is 0 Å². The van der Waals surface area contributed by atoms with E-state index in [1.807, 2.05) is 19.9 Å². The van der Waals surface area contributed by atoms with Gasteiger partial charge < -0.3 is 5.11 Å². The van der Waals surface area contributed by atoms with Crippen LogP contribution in [-0.2, 0) is 4.79 Å². The molecule has 0 aromatic heterocycles. The van der Waals surface area contributed by atoms with Crippen molar-refractivity contribution in [1.82, 2.24) is 0 Å². The lowest BCUT2D eigenvalue weighted by molar-refractivity contribution is -0.123. The summed E-state index contributed by atoms with van der Waals surface area (Å²) < 4.78 is 0. The third-order valence-corrected chi connectivity index (χ3v) is 4.60. The minimum atomic E-state index is -1.67. The third kappa shape index (κ3) is 6.17. The summed E-state index contributed by atoms with van der Waals surface area (Å²) in [5, 5.41) is 10.9. The van der Waals surface area contributed by atoms with Gasteiger partial charge in [0.2, 0.25) is 0 Å². The van der Waals surface area contributed by atoms with Crippen LogP contribution in [0.4, 0.5) is 0 Å². The minimum absolute atomic E-state index is 0.0495. The van der Waals surface area contributed by atoms with Crippen molar-refractivity contribution in [3.05, 3.63) is 11.3 Å². The maximum absolute atomic E-state index is 12.3. The van der Waals surface area contributed by atoms with E-state index in [2.05, 4.69) is 33.5 Å². The van der Waals surface area contributed by atoms with E-state index in [1.54, 1.807) is 0 Å². The highest BCUT2D eigenvalue weighted by molar-refractivity contribution is 6.87. The zero-order valence-electron chi connectivity index (χ0n) is 12.4. The molecule has 0 spiro atoms. The Kier molecular flexibility index (Phi) is 6.34. The molecule has 0 aliphatic rings. The first-order chi connectivity index (χ1) is 7.55. The highest BCUT2D eigenvalue weighted by Crippen LogP contribution is 2.21. The van der Waals surface area contributed by atoms with Crippen molar-refractivity contribution in [2.24, 2.45) is 11.8 Å². The zero-order valence-corrected chi connectivity index (χ0v) is 13.4. The van der Waals surface area contributed by atoms with E-state index in [4.69, 9.17) is 0 Å². The van der Waals surface area contributed by atoms with Gasteiger partial charge in [-0.3, -0.25) is 4.79 Å². The molecule has 0 fully saturated rings. The molecule has 0 aromatic rings. The molecule has 0 heterocycles. The van der Waals surface area contributed by atoms with E-state index >= 15 is 0 Å². The first-order valence-corrected chi connectivity index (χ1v) is 10.00. The number of hydrogen-bond acceptors (Lipinski definition) is 2. The van der Waals surface area contributed by atoms with Crippen molar-refractivity contribution < 1.29 is 9.90 Å². The van der Waals surface area contributed by atoms with Gasteiger partial charge in [0.1, 0.15) is 6.10 Å². The van der Waals surface area contributed by atoms with Crippen molar-refractivity contribution in [1.29, 1.82) is 0 Å². The SMILES string of the molecule is CC(C)/C=C(\C(=O)[C@H](O)CC(C)C)[Si](C)(C)C. The number of Topliss-reactive ketones (excluding diaryl/α,β-unsaturated/α-hetero) is 1. The molecule has 0 saturated carbocycles. The lowest BCUT2D eigenvalue weighted by Crippen LogP contribution is -2.36. The predicted molar refractivity (Wildman–Crippen MR) is 76.7 cm³/mol. The molecule has 2 nitrogen and oxygen atoms in total. The third-order valence-electron chi connectivity index (χ3n) is 2.57. The smallest absolute Gasteiger partial charge is 0.183 e. The van der Waals surface area contributed by atoms with E-state index in [1.165, 1.54) is 0 Å². The number of allylic oxidation sites excluding steroid dienone is 1. The molecule has 0 rings (SSSR count). The number of ketones is 1. The standard InChI is InChI=1S/C14H28O2Si/c1-10(2)8-12(15)14(16)13(9-11(3)4)17(5,6)7/h9-12,15H,8H2,1-7H3/b13-9+/t12-/m1/s1. The molecule has 0 unspecified atom stereocenters. The maximum Gasteiger partial charge on any atom is 0.183 e. The number of hydrogen-bond donors (Lipinski definition) is 1. The van der Waals surface area contributed by atoms with Gasteiger partial charge in [-0.25, -0.2) is 0 Å². The lowest BCUT2D eigenvalue weighted by atomic mass is 10.0. The second kappa shape index (κ2) is 6.50. The summed E-state index contributed by atoms with van der Waals surface area (Å²) in [6.45, 7) is 14.7. The quantitative estimate of drug-likeness (QED) is 0.584. The number of aliphatic hydroxyl groups is 1. The summed E-state index contributed by atoms with van der Waals surface area (Å²) in [4.78, 5) is 12.3. The normalized spacial score (nSPS) is 15.5. The van der Waals surface area contributed by atoms with Gasteiger partial charge in [-0.05, 0) is 23.5 Å². The Morgan fingerprint density at radius 1 is 1.18 bits per heavy atom. The molecule has 0 radical (unpaired) electrons. The second-order valence-corrected chi connectivity index (χ2v) is 11.6. The second-order valence-electron chi connectivity index (χ2n) is 6.58. The molecule has 1 atom stereocenters. The molecule has 1 N–H and O–H groups in total. The molecule has 17 heavy (non-hydrogen) atoms. The Labute approximate surface area is 107 Å². The van der Waals surface area contributed by atoms with E-state index in [0.29, 0.717) is 18.3 Å². The lowest BCUT2D eigenvalue weighted by Gasteiger charge is -2.24. The Morgan fingerprint density at radius 2 is 1.65 bits per heavy atom. The summed E-state index contributed by atoms with van der Waals surface area (Å²) in [6, 6.07) is 0. The Balaban J connectivity index is 5.03. The minimum Gasteiger partial charge on any atom is -0.385 e. The fourth-order valence-corrected chi connectivity index (χ4v) is 3.51. The molecule has 0 amide bonds. The van der Waals surface area contributed by atoms with Crippen LogP contribution in [0.15, 0.2) is 11.3 Å². The summed E-state index contributed by atoms with van der Waals surface area (Å²) in [5.74, 6) is 0.648. The van der Waals surface area contributed by atoms with Crippen LogP contribution in [0.1, 0.15) is 34.1 Å². The first-order valence-electron chi connectivity index (χ1n) is 6.50. The highest BCUT2D eigenvalue weighted by Gasteiger charge is 2.30. The van der Waals surface area contributed by atoms with Crippen molar-refractivity contribution in [3.8, 4) is 0 Å². The van der Waals surface area contributed by atoms with Gasteiger partial charge >= 0.3 is 0 Å². The molecule has 0 saturated heterocycles. The average molecular weight is 256 g/mol. The van der Waals surface area contributed by atoms with E-state index in [-0.39, 0.29) is 5.78 Å². The number of aliphatic hydroxyl groups excluding tert-OH is 1. The van der Waals surface area contributed by atoms with E-state index < -0.39 is 14.2 Å². The van der Waals surface area contributed by atoms with Gasteiger partial charge in [-0.15, -0.1) is 0 Å². The first kappa shape index (κ1) is 16.6. The van der Waals surface area contributed by atoms with Crippen molar-refractivity contribution in [2.45, 2.75) is 59.9 Å². The summed E-state index contributed by atoms with van der Waals surface area (Å²) >= 11 is 0. The summed E-state index contributed by atoms with van der Waals surface area (Å²) in [6.07, 6.45) is 1.77. The summed E-state index contributed by atoms with van der Waals surface area (Å²) in [7, 11) is -1.67. The molecular formula is C14H28O2Si. The van der Waals surface area contributed by atoms with Crippen LogP contribution in [0.25, 0.3) is 0 Å². The predicted octanol–water partition coefficient (Wildman–Crippen LogP) is 3.42. The average Bonchev–Trinajstić information content (AvgIpc) is 2.09. The summed E-state index contributed by atoms with van der Waals surface area (Å²) in [5.41, 5.74) is 0.